The summed E-state index contributed by atoms with van der Waals surface area (Å²) >= 11 is 12.0. The van der Waals surface area contributed by atoms with Crippen molar-refractivity contribution in [2.24, 2.45) is 11.7 Å². The summed E-state index contributed by atoms with van der Waals surface area (Å²) in [6.45, 7) is 1.19. The lowest BCUT2D eigenvalue weighted by atomic mass is 9.69. The number of benzene rings is 2. The number of carboxylic acids is 1. The zero-order chi connectivity index (χ0) is 23.0. The third-order valence-corrected chi connectivity index (χ3v) is 7.22. The molecule has 0 aliphatic carbocycles. The van der Waals surface area contributed by atoms with Gasteiger partial charge in [0.25, 0.3) is 0 Å². The van der Waals surface area contributed by atoms with E-state index in [0.717, 1.165) is 18.9 Å². The van der Waals surface area contributed by atoms with Crippen LogP contribution >= 0.6 is 23.2 Å². The van der Waals surface area contributed by atoms with Crippen LogP contribution in [-0.4, -0.2) is 36.4 Å². The summed E-state index contributed by atoms with van der Waals surface area (Å²) in [6.07, 6.45) is 2.06. The topological polar surface area (TPSA) is 84.6 Å². The monoisotopic (exact) mass is 484 g/mol. The Morgan fingerprint density at radius 3 is 2.59 bits per heavy atom. The molecule has 0 saturated carbocycles. The van der Waals surface area contributed by atoms with Gasteiger partial charge >= 0.3 is 5.97 Å². The Labute approximate surface area is 194 Å². The number of carboxylic acid groups (broad SMARTS) is 1. The summed E-state index contributed by atoms with van der Waals surface area (Å²) in [5.74, 6) is -3.54. The van der Waals surface area contributed by atoms with Crippen molar-refractivity contribution >= 4 is 29.2 Å². The molecule has 0 bridgehead atoms. The molecule has 2 saturated heterocycles. The average molecular weight is 485 g/mol. The number of hydrogen-bond donors (Lipinski definition) is 3. The van der Waals surface area contributed by atoms with Gasteiger partial charge < -0.3 is 15.6 Å². The van der Waals surface area contributed by atoms with Crippen LogP contribution < -0.4 is 11.1 Å². The highest BCUT2D eigenvalue weighted by Gasteiger charge is 2.58. The fourth-order valence-corrected chi connectivity index (χ4v) is 5.47. The molecule has 0 amide bonds. The fourth-order valence-electron chi connectivity index (χ4n) is 5.13. The molecule has 2 aliphatic rings. The molecule has 4 atom stereocenters. The van der Waals surface area contributed by atoms with Crippen molar-refractivity contribution in [2.75, 3.05) is 13.2 Å². The second-order valence-corrected chi connectivity index (χ2v) is 9.35. The van der Waals surface area contributed by atoms with E-state index in [-0.39, 0.29) is 27.1 Å². The molecule has 2 aromatic carbocycles. The Bertz CT molecular complexity index is 1020. The number of nitrogens with one attached hydrogen (secondary N) is 1. The summed E-state index contributed by atoms with van der Waals surface area (Å²) in [7, 11) is 0. The molecule has 2 aliphatic heterocycles. The van der Waals surface area contributed by atoms with Gasteiger partial charge in [0.15, 0.2) is 0 Å². The van der Waals surface area contributed by atoms with Gasteiger partial charge in [0.2, 0.25) is 0 Å². The van der Waals surface area contributed by atoms with Gasteiger partial charge in [-0.25, -0.2) is 8.78 Å². The van der Waals surface area contributed by atoms with E-state index in [0.29, 0.717) is 19.6 Å². The molecule has 0 aromatic heterocycles. The van der Waals surface area contributed by atoms with Crippen molar-refractivity contribution in [3.8, 4) is 0 Å². The Hall–Kier alpha value is -1.77. The van der Waals surface area contributed by atoms with Crippen LogP contribution in [0, 0.1) is 17.6 Å². The predicted molar refractivity (Wildman–Crippen MR) is 118 cm³/mol. The molecule has 4 N–H and O–H groups in total. The van der Waals surface area contributed by atoms with Gasteiger partial charge in [0.1, 0.15) is 17.7 Å². The largest absolute Gasteiger partial charge is 0.480 e. The highest BCUT2D eigenvalue weighted by Crippen LogP contribution is 2.49. The number of nitrogens with two attached hydrogens (primary N) is 1. The molecular weight excluding hydrogens is 461 g/mol. The Kier molecular flexibility index (Phi) is 6.75. The van der Waals surface area contributed by atoms with Gasteiger partial charge in [-0.3, -0.25) is 10.1 Å². The maximum absolute atomic E-state index is 15.2. The van der Waals surface area contributed by atoms with E-state index < -0.39 is 41.1 Å². The molecule has 0 unspecified atom stereocenters. The van der Waals surface area contributed by atoms with Gasteiger partial charge in [-0.05, 0) is 48.9 Å². The first-order valence-electron chi connectivity index (χ1n) is 10.5. The number of carbonyl (C=O) groups is 1. The van der Waals surface area contributed by atoms with Gasteiger partial charge in [-0.1, -0.05) is 41.4 Å². The number of aliphatic carboxylic acids is 1. The molecule has 4 rings (SSSR count). The summed E-state index contributed by atoms with van der Waals surface area (Å²) in [6, 6.07) is 6.57. The van der Waals surface area contributed by atoms with Crippen LogP contribution in [0.5, 0.6) is 0 Å². The predicted octanol–water partition coefficient (Wildman–Crippen LogP) is 4.45. The van der Waals surface area contributed by atoms with Crippen molar-refractivity contribution in [3.63, 3.8) is 0 Å². The van der Waals surface area contributed by atoms with E-state index in [1.807, 2.05) is 0 Å². The van der Waals surface area contributed by atoms with Gasteiger partial charge in [-0.2, -0.15) is 0 Å². The van der Waals surface area contributed by atoms with E-state index in [1.165, 1.54) is 30.3 Å². The van der Waals surface area contributed by atoms with E-state index in [1.54, 1.807) is 0 Å². The van der Waals surface area contributed by atoms with Crippen LogP contribution in [0.2, 0.25) is 10.0 Å². The van der Waals surface area contributed by atoms with Crippen molar-refractivity contribution < 1.29 is 23.4 Å². The lowest BCUT2D eigenvalue weighted by Crippen LogP contribution is -2.52. The first-order chi connectivity index (χ1) is 15.2. The molecular formula is C23H24Cl2F2N2O3. The van der Waals surface area contributed by atoms with Crippen molar-refractivity contribution in [2.45, 2.75) is 42.8 Å². The van der Waals surface area contributed by atoms with Crippen molar-refractivity contribution in [1.82, 2.24) is 5.32 Å². The summed E-state index contributed by atoms with van der Waals surface area (Å²) in [4.78, 5) is 12.3. The number of halogens is 4. The van der Waals surface area contributed by atoms with Crippen LogP contribution in [0.3, 0.4) is 0 Å². The minimum absolute atomic E-state index is 0.0312. The first-order valence-corrected chi connectivity index (χ1v) is 11.2. The third-order valence-electron chi connectivity index (χ3n) is 6.70. The maximum atomic E-state index is 15.2. The summed E-state index contributed by atoms with van der Waals surface area (Å²) in [5, 5.41) is 13.1. The van der Waals surface area contributed by atoms with Crippen LogP contribution in [0.15, 0.2) is 36.4 Å². The summed E-state index contributed by atoms with van der Waals surface area (Å²) in [5.41, 5.74) is 5.51. The highest BCUT2D eigenvalue weighted by molar-refractivity contribution is 6.31. The molecule has 5 nitrogen and oxygen atoms in total. The lowest BCUT2D eigenvalue weighted by Gasteiger charge is -2.39. The van der Waals surface area contributed by atoms with Crippen molar-refractivity contribution in [3.05, 3.63) is 69.2 Å². The fraction of sp³-hybridized carbons (Fsp3) is 0.435. The van der Waals surface area contributed by atoms with Crippen LogP contribution in [0.4, 0.5) is 8.78 Å². The van der Waals surface area contributed by atoms with E-state index in [9.17, 15) is 9.90 Å². The van der Waals surface area contributed by atoms with E-state index in [2.05, 4.69) is 5.32 Å². The number of rotatable bonds is 5. The zero-order valence-corrected chi connectivity index (χ0v) is 18.7. The van der Waals surface area contributed by atoms with Crippen LogP contribution in [0.1, 0.15) is 36.3 Å². The molecule has 2 aromatic rings. The van der Waals surface area contributed by atoms with Gasteiger partial charge in [-0.15, -0.1) is 0 Å². The number of ether oxygens (including phenoxy) is 1. The Balaban J connectivity index is 1.88. The van der Waals surface area contributed by atoms with Crippen LogP contribution in [-0.2, 0) is 15.1 Å². The third kappa shape index (κ3) is 4.13. The number of hydrogen-bond acceptors (Lipinski definition) is 4. The minimum Gasteiger partial charge on any atom is -0.480 e. The zero-order valence-electron chi connectivity index (χ0n) is 17.2. The molecule has 9 heteroatoms. The summed E-state index contributed by atoms with van der Waals surface area (Å²) < 4.78 is 35.8. The average Bonchev–Trinajstić information content (AvgIpc) is 3.04. The molecule has 0 spiro atoms. The van der Waals surface area contributed by atoms with Gasteiger partial charge in [0, 0.05) is 35.8 Å². The standard InChI is InChI=1S/C23H24Cl2F2N2O3/c24-13-4-5-15(17(26)11-13)23(28)18(10-12-6-8-32-9-7-12)29-21(22(30)31)19(23)14-2-1-3-16(25)20(14)27/h1-5,11-12,18-19,21,29H,6-10,28H2,(H,30,31)/t18-,19-,21+,23+/m0/s1. The van der Waals surface area contributed by atoms with E-state index >= 15 is 8.78 Å². The van der Waals surface area contributed by atoms with Gasteiger partial charge in [0.05, 0.1) is 10.6 Å². The normalized spacial score (nSPS) is 28.7. The minimum atomic E-state index is -1.57. The van der Waals surface area contributed by atoms with Crippen molar-refractivity contribution in [1.29, 1.82) is 0 Å². The molecule has 2 fully saturated rings. The smallest absolute Gasteiger partial charge is 0.321 e. The second kappa shape index (κ2) is 9.23. The Morgan fingerprint density at radius 1 is 1.22 bits per heavy atom. The SMILES string of the molecule is N[C@]1(c2ccc(Cl)cc2F)[C@H](CC2CCOCC2)N[C@@H](C(=O)O)[C@@H]1c1cccc(Cl)c1F. The second-order valence-electron chi connectivity index (χ2n) is 8.50. The van der Waals surface area contributed by atoms with Crippen LogP contribution in [0.25, 0.3) is 0 Å². The van der Waals surface area contributed by atoms with E-state index in [4.69, 9.17) is 33.7 Å². The maximum Gasteiger partial charge on any atom is 0.321 e. The highest BCUT2D eigenvalue weighted by atomic mass is 35.5. The first kappa shape index (κ1) is 23.4. The Morgan fingerprint density at radius 2 is 1.94 bits per heavy atom. The lowest BCUT2D eigenvalue weighted by molar-refractivity contribution is -0.139. The molecule has 172 valence electrons. The molecule has 0 radical (unpaired) electrons. The quantitative estimate of drug-likeness (QED) is 0.583. The molecule has 2 heterocycles. The molecule has 32 heavy (non-hydrogen) atoms.